The third-order valence-corrected chi connectivity index (χ3v) is 3.85. The minimum absolute atomic E-state index is 0.186. The van der Waals surface area contributed by atoms with Crippen LogP contribution in [0.25, 0.3) is 10.9 Å². The van der Waals surface area contributed by atoms with Gasteiger partial charge in [-0.05, 0) is 31.9 Å². The van der Waals surface area contributed by atoms with Crippen LogP contribution in [0.4, 0.5) is 5.82 Å². The molecule has 1 aromatic carbocycles. The zero-order valence-corrected chi connectivity index (χ0v) is 12.2. The highest BCUT2D eigenvalue weighted by atomic mass is 16.5. The summed E-state index contributed by atoms with van der Waals surface area (Å²) in [5.41, 5.74) is 2.49. The van der Waals surface area contributed by atoms with Crippen LogP contribution in [0.3, 0.4) is 0 Å². The van der Waals surface area contributed by atoms with Crippen LogP contribution >= 0.6 is 0 Å². The molecule has 5 heteroatoms. The molecule has 1 aliphatic rings. The smallest absolute Gasteiger partial charge is 0.257 e. The van der Waals surface area contributed by atoms with Gasteiger partial charge in [0.1, 0.15) is 5.76 Å². The second kappa shape index (κ2) is 4.94. The highest BCUT2D eigenvalue weighted by Gasteiger charge is 2.27. The van der Waals surface area contributed by atoms with Crippen LogP contribution in [0.2, 0.25) is 0 Å². The number of aryl methyl sites for hydroxylation is 1. The normalized spacial score (nSPS) is 14.2. The van der Waals surface area contributed by atoms with Crippen molar-refractivity contribution < 1.29 is 9.32 Å². The average Bonchev–Trinajstić information content (AvgIpc) is 3.30. The zero-order chi connectivity index (χ0) is 15.1. The Bertz CT molecular complexity index is 865. The molecule has 22 heavy (non-hydrogen) atoms. The van der Waals surface area contributed by atoms with Crippen molar-refractivity contribution in [3.63, 3.8) is 0 Å². The van der Waals surface area contributed by atoms with Gasteiger partial charge in [-0.15, -0.1) is 0 Å². The summed E-state index contributed by atoms with van der Waals surface area (Å²) in [6.07, 6.45) is 2.30. The van der Waals surface area contributed by atoms with Gasteiger partial charge in [0.25, 0.3) is 5.91 Å². The predicted octanol–water partition coefficient (Wildman–Crippen LogP) is 3.66. The molecule has 0 unspecified atom stereocenters. The Morgan fingerprint density at radius 3 is 2.82 bits per heavy atom. The fraction of sp³-hybridized carbons (Fsp3) is 0.235. The van der Waals surface area contributed by atoms with Crippen molar-refractivity contribution in [3.8, 4) is 0 Å². The lowest BCUT2D eigenvalue weighted by Gasteiger charge is -2.08. The Balaban J connectivity index is 1.77. The van der Waals surface area contributed by atoms with E-state index >= 15 is 0 Å². The Morgan fingerprint density at radius 1 is 1.27 bits per heavy atom. The maximum absolute atomic E-state index is 12.6. The van der Waals surface area contributed by atoms with E-state index in [0.29, 0.717) is 23.1 Å². The number of carbonyl (C=O) groups excluding carboxylic acids is 1. The van der Waals surface area contributed by atoms with Gasteiger partial charge in [-0.1, -0.05) is 23.4 Å². The van der Waals surface area contributed by atoms with Crippen LogP contribution in [0, 0.1) is 6.92 Å². The van der Waals surface area contributed by atoms with Crippen molar-refractivity contribution in [2.24, 2.45) is 0 Å². The second-order valence-electron chi connectivity index (χ2n) is 5.66. The number of hydrogen-bond donors (Lipinski definition) is 1. The van der Waals surface area contributed by atoms with Crippen LogP contribution in [0.15, 0.2) is 40.9 Å². The molecule has 4 rings (SSSR count). The molecule has 0 radical (unpaired) electrons. The number of rotatable bonds is 3. The number of hydrogen-bond acceptors (Lipinski definition) is 4. The fourth-order valence-electron chi connectivity index (χ4n) is 2.58. The lowest BCUT2D eigenvalue weighted by molar-refractivity contribution is 0.102. The zero-order valence-electron chi connectivity index (χ0n) is 12.2. The number of nitrogens with zero attached hydrogens (tertiary/aromatic N) is 2. The summed E-state index contributed by atoms with van der Waals surface area (Å²) < 4.78 is 4.98. The van der Waals surface area contributed by atoms with Crippen LogP contribution in [-0.4, -0.2) is 16.0 Å². The molecule has 1 fully saturated rings. The maximum atomic E-state index is 12.6. The molecule has 3 aromatic rings. The van der Waals surface area contributed by atoms with Crippen molar-refractivity contribution in [3.05, 3.63) is 53.4 Å². The first-order valence-corrected chi connectivity index (χ1v) is 7.35. The SMILES string of the molecule is Cc1cc(NC(=O)c2cc(C3CC3)nc3ccccc23)no1. The van der Waals surface area contributed by atoms with Gasteiger partial charge in [0.05, 0.1) is 11.1 Å². The van der Waals surface area contributed by atoms with Crippen LogP contribution in [0.1, 0.15) is 40.6 Å². The number of aromatic nitrogens is 2. The third kappa shape index (κ3) is 2.35. The van der Waals surface area contributed by atoms with Crippen molar-refractivity contribution in [2.45, 2.75) is 25.7 Å². The molecule has 2 aromatic heterocycles. The molecule has 1 N–H and O–H groups in total. The monoisotopic (exact) mass is 293 g/mol. The predicted molar refractivity (Wildman–Crippen MR) is 82.9 cm³/mol. The van der Waals surface area contributed by atoms with E-state index < -0.39 is 0 Å². The van der Waals surface area contributed by atoms with Crippen molar-refractivity contribution >= 4 is 22.6 Å². The second-order valence-corrected chi connectivity index (χ2v) is 5.66. The molecular weight excluding hydrogens is 278 g/mol. The first kappa shape index (κ1) is 13.0. The molecule has 5 nitrogen and oxygen atoms in total. The number of amides is 1. The summed E-state index contributed by atoms with van der Waals surface area (Å²) >= 11 is 0. The minimum atomic E-state index is -0.186. The fourth-order valence-corrected chi connectivity index (χ4v) is 2.58. The van der Waals surface area contributed by atoms with Gasteiger partial charge in [0.15, 0.2) is 5.82 Å². The summed E-state index contributed by atoms with van der Waals surface area (Å²) in [5.74, 6) is 1.39. The van der Waals surface area contributed by atoms with Gasteiger partial charge >= 0.3 is 0 Å². The van der Waals surface area contributed by atoms with Gasteiger partial charge in [-0.3, -0.25) is 9.78 Å². The molecule has 2 heterocycles. The summed E-state index contributed by atoms with van der Waals surface area (Å²) in [7, 11) is 0. The Morgan fingerprint density at radius 2 is 2.09 bits per heavy atom. The van der Waals surface area contributed by atoms with Crippen molar-refractivity contribution in [2.75, 3.05) is 5.32 Å². The highest BCUT2D eigenvalue weighted by molar-refractivity contribution is 6.12. The van der Waals surface area contributed by atoms with E-state index in [0.717, 1.165) is 29.4 Å². The topological polar surface area (TPSA) is 68.0 Å². The molecule has 0 saturated heterocycles. The third-order valence-electron chi connectivity index (χ3n) is 3.85. The number of pyridine rings is 1. The number of nitrogens with one attached hydrogen (secondary N) is 1. The van der Waals surface area contributed by atoms with Gasteiger partial charge < -0.3 is 9.84 Å². The highest BCUT2D eigenvalue weighted by Crippen LogP contribution is 2.40. The van der Waals surface area contributed by atoms with Crippen molar-refractivity contribution in [1.29, 1.82) is 0 Å². The standard InChI is InChI=1S/C17H15N3O2/c1-10-8-16(20-22-10)19-17(21)13-9-15(11-6-7-11)18-14-5-3-2-4-12(13)14/h2-5,8-9,11H,6-7H2,1H3,(H,19,20,21). The quantitative estimate of drug-likeness (QED) is 0.800. The molecule has 0 atom stereocenters. The van der Waals surface area contributed by atoms with Crippen LogP contribution in [0.5, 0.6) is 0 Å². The molecule has 0 aliphatic heterocycles. The van der Waals surface area contributed by atoms with E-state index in [1.165, 1.54) is 0 Å². The number of benzene rings is 1. The summed E-state index contributed by atoms with van der Waals surface area (Å²) in [6, 6.07) is 11.3. The van der Waals surface area contributed by atoms with Crippen molar-refractivity contribution in [1.82, 2.24) is 10.1 Å². The molecule has 0 bridgehead atoms. The molecular formula is C17H15N3O2. The Labute approximate surface area is 127 Å². The number of carbonyl (C=O) groups is 1. The summed E-state index contributed by atoms with van der Waals surface area (Å²) in [5, 5.41) is 7.45. The van der Waals surface area contributed by atoms with Gasteiger partial charge in [-0.25, -0.2) is 0 Å². The number of fused-ring (bicyclic) bond motifs is 1. The first-order chi connectivity index (χ1) is 10.7. The molecule has 1 aliphatic carbocycles. The lowest BCUT2D eigenvalue weighted by atomic mass is 10.1. The van der Waals surface area contributed by atoms with Crippen LogP contribution < -0.4 is 5.32 Å². The van der Waals surface area contributed by atoms with Crippen LogP contribution in [-0.2, 0) is 0 Å². The molecule has 0 spiro atoms. The average molecular weight is 293 g/mol. The van der Waals surface area contributed by atoms with E-state index in [-0.39, 0.29) is 5.91 Å². The Kier molecular flexibility index (Phi) is 2.92. The first-order valence-electron chi connectivity index (χ1n) is 7.35. The van der Waals surface area contributed by atoms with E-state index in [1.807, 2.05) is 30.3 Å². The number of para-hydroxylation sites is 1. The number of anilines is 1. The molecule has 110 valence electrons. The lowest BCUT2D eigenvalue weighted by Crippen LogP contribution is -2.13. The van der Waals surface area contributed by atoms with Gasteiger partial charge in [-0.2, -0.15) is 0 Å². The largest absolute Gasteiger partial charge is 0.360 e. The summed E-state index contributed by atoms with van der Waals surface area (Å²) in [4.78, 5) is 17.3. The minimum Gasteiger partial charge on any atom is -0.360 e. The molecule has 1 saturated carbocycles. The molecule has 1 amide bonds. The van der Waals surface area contributed by atoms with E-state index in [2.05, 4.69) is 15.5 Å². The Hall–Kier alpha value is -2.69. The summed E-state index contributed by atoms with van der Waals surface area (Å²) in [6.45, 7) is 1.79. The van der Waals surface area contributed by atoms with E-state index in [1.54, 1.807) is 13.0 Å². The van der Waals surface area contributed by atoms with E-state index in [4.69, 9.17) is 4.52 Å². The van der Waals surface area contributed by atoms with Gasteiger partial charge in [0.2, 0.25) is 0 Å². The van der Waals surface area contributed by atoms with Gasteiger partial charge in [0, 0.05) is 23.1 Å². The maximum Gasteiger partial charge on any atom is 0.257 e. The van der Waals surface area contributed by atoms with E-state index in [9.17, 15) is 4.79 Å².